The van der Waals surface area contributed by atoms with E-state index in [-0.39, 0.29) is 0 Å². The maximum Gasteiger partial charge on any atom is -0.0150 e. The van der Waals surface area contributed by atoms with Crippen LogP contribution >= 0.6 is 0 Å². The Morgan fingerprint density at radius 3 is 2.77 bits per heavy atom. The third kappa shape index (κ3) is 2.45. The minimum Gasteiger partial charge on any atom is -0.0988 e. The standard InChI is InChI=1S/C13H18/c1-5-13-11(4)7-6-8-12(13)9-10(2)3/h5-6,8-9,11H,1,7H2,2-4H3. The number of rotatable bonds is 2. The summed E-state index contributed by atoms with van der Waals surface area (Å²) in [6, 6.07) is 0. The van der Waals surface area contributed by atoms with Crippen molar-refractivity contribution in [2.45, 2.75) is 27.2 Å². The molecule has 1 aliphatic carbocycles. The van der Waals surface area contributed by atoms with E-state index in [4.69, 9.17) is 0 Å². The van der Waals surface area contributed by atoms with Crippen LogP contribution in [-0.4, -0.2) is 0 Å². The van der Waals surface area contributed by atoms with Gasteiger partial charge in [-0.05, 0) is 37.3 Å². The van der Waals surface area contributed by atoms with Gasteiger partial charge < -0.3 is 0 Å². The van der Waals surface area contributed by atoms with E-state index >= 15 is 0 Å². The van der Waals surface area contributed by atoms with Gasteiger partial charge in [0.15, 0.2) is 0 Å². The van der Waals surface area contributed by atoms with Crippen LogP contribution in [0.3, 0.4) is 0 Å². The lowest BCUT2D eigenvalue weighted by atomic mass is 9.88. The van der Waals surface area contributed by atoms with Crippen LogP contribution in [0.2, 0.25) is 0 Å². The second-order valence-electron chi connectivity index (χ2n) is 3.88. The fourth-order valence-electron chi connectivity index (χ4n) is 1.67. The van der Waals surface area contributed by atoms with Crippen molar-refractivity contribution in [3.05, 3.63) is 47.6 Å². The van der Waals surface area contributed by atoms with Crippen molar-refractivity contribution in [2.24, 2.45) is 5.92 Å². The third-order valence-corrected chi connectivity index (χ3v) is 2.32. The maximum absolute atomic E-state index is 3.87. The van der Waals surface area contributed by atoms with Crippen LogP contribution in [0.25, 0.3) is 0 Å². The Kier molecular flexibility index (Phi) is 3.30. The molecule has 0 saturated heterocycles. The Morgan fingerprint density at radius 2 is 2.23 bits per heavy atom. The molecular weight excluding hydrogens is 156 g/mol. The van der Waals surface area contributed by atoms with E-state index in [1.54, 1.807) is 0 Å². The average Bonchev–Trinajstić information content (AvgIpc) is 2.03. The van der Waals surface area contributed by atoms with Gasteiger partial charge in [-0.3, -0.25) is 0 Å². The minimum atomic E-state index is 0.619. The fourth-order valence-corrected chi connectivity index (χ4v) is 1.67. The molecule has 1 rings (SSSR count). The molecule has 0 heterocycles. The lowest BCUT2D eigenvalue weighted by Gasteiger charge is -2.17. The third-order valence-electron chi connectivity index (χ3n) is 2.32. The molecule has 0 saturated carbocycles. The summed E-state index contributed by atoms with van der Waals surface area (Å²) in [7, 11) is 0. The lowest BCUT2D eigenvalue weighted by Crippen LogP contribution is -2.02. The van der Waals surface area contributed by atoms with E-state index in [2.05, 4.69) is 45.6 Å². The van der Waals surface area contributed by atoms with Gasteiger partial charge >= 0.3 is 0 Å². The molecule has 0 N–H and O–H groups in total. The number of allylic oxidation sites excluding steroid dienone is 7. The molecule has 0 aliphatic heterocycles. The van der Waals surface area contributed by atoms with Crippen LogP contribution in [0, 0.1) is 5.92 Å². The minimum absolute atomic E-state index is 0.619. The Bertz CT molecular complexity index is 283. The smallest absolute Gasteiger partial charge is 0.0150 e. The summed E-state index contributed by atoms with van der Waals surface area (Å²) in [6.45, 7) is 10.4. The summed E-state index contributed by atoms with van der Waals surface area (Å²) >= 11 is 0. The molecule has 1 unspecified atom stereocenters. The SMILES string of the molecule is C=CC1=C(C=C(C)C)C=CCC1C. The molecule has 13 heavy (non-hydrogen) atoms. The van der Waals surface area contributed by atoms with Gasteiger partial charge in [0.2, 0.25) is 0 Å². The molecule has 0 bridgehead atoms. The highest BCUT2D eigenvalue weighted by molar-refractivity contribution is 5.44. The zero-order valence-electron chi connectivity index (χ0n) is 8.80. The van der Waals surface area contributed by atoms with Gasteiger partial charge in [-0.25, -0.2) is 0 Å². The van der Waals surface area contributed by atoms with E-state index in [0.29, 0.717) is 5.92 Å². The van der Waals surface area contributed by atoms with Crippen molar-refractivity contribution in [1.29, 1.82) is 0 Å². The van der Waals surface area contributed by atoms with Gasteiger partial charge in [0, 0.05) is 0 Å². The average molecular weight is 174 g/mol. The summed E-state index contributed by atoms with van der Waals surface area (Å²) in [5.41, 5.74) is 4.05. The van der Waals surface area contributed by atoms with Crippen LogP contribution in [0.15, 0.2) is 47.6 Å². The Labute approximate surface area is 81.4 Å². The van der Waals surface area contributed by atoms with Crippen LogP contribution < -0.4 is 0 Å². The topological polar surface area (TPSA) is 0 Å². The van der Waals surface area contributed by atoms with Gasteiger partial charge in [-0.1, -0.05) is 43.4 Å². The second-order valence-corrected chi connectivity index (χ2v) is 3.88. The lowest BCUT2D eigenvalue weighted by molar-refractivity contribution is 0.699. The van der Waals surface area contributed by atoms with Crippen LogP contribution in [-0.2, 0) is 0 Å². The first-order valence-electron chi connectivity index (χ1n) is 4.83. The summed E-state index contributed by atoms with van der Waals surface area (Å²) in [5, 5.41) is 0. The number of hydrogen-bond donors (Lipinski definition) is 0. The van der Waals surface area contributed by atoms with Crippen LogP contribution in [0.5, 0.6) is 0 Å². The summed E-state index contributed by atoms with van der Waals surface area (Å²) < 4.78 is 0. The van der Waals surface area contributed by atoms with Gasteiger partial charge in [0.1, 0.15) is 0 Å². The number of hydrogen-bond acceptors (Lipinski definition) is 0. The maximum atomic E-state index is 3.87. The zero-order valence-corrected chi connectivity index (χ0v) is 8.80. The fraction of sp³-hybridized carbons (Fsp3) is 0.385. The highest BCUT2D eigenvalue weighted by Crippen LogP contribution is 2.26. The van der Waals surface area contributed by atoms with Crippen molar-refractivity contribution < 1.29 is 0 Å². The molecule has 0 amide bonds. The highest BCUT2D eigenvalue weighted by Gasteiger charge is 2.11. The molecule has 1 atom stereocenters. The summed E-state index contributed by atoms with van der Waals surface area (Å²) in [4.78, 5) is 0. The molecule has 0 aromatic rings. The molecule has 0 radical (unpaired) electrons. The monoisotopic (exact) mass is 174 g/mol. The van der Waals surface area contributed by atoms with E-state index in [9.17, 15) is 0 Å². The van der Waals surface area contributed by atoms with Crippen molar-refractivity contribution in [3.8, 4) is 0 Å². The highest BCUT2D eigenvalue weighted by atomic mass is 14.2. The Morgan fingerprint density at radius 1 is 1.54 bits per heavy atom. The van der Waals surface area contributed by atoms with Crippen molar-refractivity contribution >= 4 is 0 Å². The van der Waals surface area contributed by atoms with Crippen molar-refractivity contribution in [2.75, 3.05) is 0 Å². The molecule has 0 nitrogen and oxygen atoms in total. The first-order valence-corrected chi connectivity index (χ1v) is 4.83. The first-order chi connectivity index (χ1) is 6.15. The van der Waals surface area contributed by atoms with Gasteiger partial charge in [0.25, 0.3) is 0 Å². The first kappa shape index (κ1) is 10.0. The molecule has 70 valence electrons. The van der Waals surface area contributed by atoms with E-state index in [0.717, 1.165) is 6.42 Å². The van der Waals surface area contributed by atoms with Gasteiger partial charge in [-0.15, -0.1) is 0 Å². The molecular formula is C13H18. The quantitative estimate of drug-likeness (QED) is 0.593. The molecule has 0 aromatic heterocycles. The predicted octanol–water partition coefficient (Wildman–Crippen LogP) is 4.03. The predicted molar refractivity (Wildman–Crippen MR) is 59.6 cm³/mol. The van der Waals surface area contributed by atoms with E-state index in [1.807, 2.05) is 6.08 Å². The molecule has 0 spiro atoms. The van der Waals surface area contributed by atoms with Crippen molar-refractivity contribution in [1.82, 2.24) is 0 Å². The van der Waals surface area contributed by atoms with Crippen LogP contribution in [0.4, 0.5) is 0 Å². The molecule has 1 aliphatic rings. The normalized spacial score (nSPS) is 21.6. The zero-order chi connectivity index (χ0) is 9.84. The second kappa shape index (κ2) is 4.27. The molecule has 0 heteroatoms. The van der Waals surface area contributed by atoms with Crippen molar-refractivity contribution in [3.63, 3.8) is 0 Å². The van der Waals surface area contributed by atoms with E-state index < -0.39 is 0 Å². The molecule has 0 aromatic carbocycles. The van der Waals surface area contributed by atoms with Gasteiger partial charge in [-0.2, -0.15) is 0 Å². The molecule has 0 fully saturated rings. The largest absolute Gasteiger partial charge is 0.0988 e. The van der Waals surface area contributed by atoms with Crippen LogP contribution in [0.1, 0.15) is 27.2 Å². The Hall–Kier alpha value is -1.04. The van der Waals surface area contributed by atoms with Gasteiger partial charge in [0.05, 0.1) is 0 Å². The Balaban J connectivity index is 3.07. The summed E-state index contributed by atoms with van der Waals surface area (Å²) in [6.07, 6.45) is 9.80. The van der Waals surface area contributed by atoms with E-state index in [1.165, 1.54) is 16.7 Å². The summed E-state index contributed by atoms with van der Waals surface area (Å²) in [5.74, 6) is 0.619.